The fourth-order valence-corrected chi connectivity index (χ4v) is 2.08. The highest BCUT2D eigenvalue weighted by atomic mass is 16.5. The Morgan fingerprint density at radius 2 is 2.11 bits per heavy atom. The number of hydrogen-bond donors (Lipinski definition) is 0. The first kappa shape index (κ1) is 13.5. The van der Waals surface area contributed by atoms with E-state index >= 15 is 0 Å². The Bertz CT molecular complexity index is 534. The molecule has 0 saturated carbocycles. The molecule has 0 radical (unpaired) electrons. The summed E-state index contributed by atoms with van der Waals surface area (Å²) in [7, 11) is 3.49. The Balaban J connectivity index is 2.00. The molecule has 1 unspecified atom stereocenters. The van der Waals surface area contributed by atoms with Crippen molar-refractivity contribution in [2.45, 2.75) is 18.9 Å². The lowest BCUT2D eigenvalue weighted by Crippen LogP contribution is -2.16. The molecular weight excluding hydrogens is 240 g/mol. The monoisotopic (exact) mass is 258 g/mol. The SMILES string of the molecule is COC(C(=O)CCc1nccn1C)c1ccccc1. The van der Waals surface area contributed by atoms with Gasteiger partial charge in [0.05, 0.1) is 0 Å². The number of carbonyl (C=O) groups is 1. The first-order valence-electron chi connectivity index (χ1n) is 6.29. The summed E-state index contributed by atoms with van der Waals surface area (Å²) >= 11 is 0. The van der Waals surface area contributed by atoms with Crippen molar-refractivity contribution in [3.63, 3.8) is 0 Å². The van der Waals surface area contributed by atoms with E-state index in [2.05, 4.69) is 4.98 Å². The van der Waals surface area contributed by atoms with Crippen LogP contribution in [0.5, 0.6) is 0 Å². The molecule has 2 rings (SSSR count). The van der Waals surface area contributed by atoms with Gasteiger partial charge in [0, 0.05) is 39.4 Å². The fourth-order valence-electron chi connectivity index (χ4n) is 2.08. The Hall–Kier alpha value is -1.94. The van der Waals surface area contributed by atoms with Crippen molar-refractivity contribution in [2.24, 2.45) is 7.05 Å². The maximum Gasteiger partial charge on any atom is 0.166 e. The highest BCUT2D eigenvalue weighted by Gasteiger charge is 2.19. The minimum absolute atomic E-state index is 0.0803. The average molecular weight is 258 g/mol. The summed E-state index contributed by atoms with van der Waals surface area (Å²) in [6, 6.07) is 9.56. The second-order valence-electron chi connectivity index (χ2n) is 4.45. The van der Waals surface area contributed by atoms with E-state index in [1.807, 2.05) is 48.1 Å². The number of imidazole rings is 1. The summed E-state index contributed by atoms with van der Waals surface area (Å²) in [5, 5.41) is 0. The number of nitrogens with zero attached hydrogens (tertiary/aromatic N) is 2. The van der Waals surface area contributed by atoms with E-state index in [1.54, 1.807) is 13.3 Å². The molecule has 0 aliphatic carbocycles. The number of hydrogen-bond acceptors (Lipinski definition) is 3. The second kappa shape index (κ2) is 6.29. The zero-order valence-electron chi connectivity index (χ0n) is 11.2. The maximum absolute atomic E-state index is 12.2. The van der Waals surface area contributed by atoms with Crippen LogP contribution in [0.3, 0.4) is 0 Å². The molecule has 100 valence electrons. The number of aromatic nitrogens is 2. The number of Topliss-reactive ketones (excluding diaryl/α,β-unsaturated/α-hetero) is 1. The molecule has 0 bridgehead atoms. The van der Waals surface area contributed by atoms with Gasteiger partial charge in [0.2, 0.25) is 0 Å². The Morgan fingerprint density at radius 1 is 1.37 bits per heavy atom. The predicted octanol–water partition coefficient (Wildman–Crippen LogP) is 2.31. The summed E-state index contributed by atoms with van der Waals surface area (Å²) in [6.07, 6.45) is 4.20. The van der Waals surface area contributed by atoms with Crippen molar-refractivity contribution >= 4 is 5.78 Å². The summed E-state index contributed by atoms with van der Waals surface area (Å²) < 4.78 is 7.25. The van der Waals surface area contributed by atoms with E-state index in [0.29, 0.717) is 12.8 Å². The van der Waals surface area contributed by atoms with Crippen LogP contribution in [-0.2, 0) is 23.0 Å². The zero-order chi connectivity index (χ0) is 13.7. The van der Waals surface area contributed by atoms with Crippen LogP contribution in [0.4, 0.5) is 0 Å². The molecule has 4 nitrogen and oxygen atoms in total. The summed E-state index contributed by atoms with van der Waals surface area (Å²) in [6.45, 7) is 0. The predicted molar refractivity (Wildman–Crippen MR) is 72.7 cm³/mol. The van der Waals surface area contributed by atoms with Gasteiger partial charge < -0.3 is 9.30 Å². The molecule has 2 aromatic rings. The first-order valence-corrected chi connectivity index (χ1v) is 6.29. The van der Waals surface area contributed by atoms with Crippen LogP contribution in [0.15, 0.2) is 42.7 Å². The molecule has 0 saturated heterocycles. The molecule has 0 fully saturated rings. The molecule has 1 aromatic heterocycles. The highest BCUT2D eigenvalue weighted by Crippen LogP contribution is 2.19. The lowest BCUT2D eigenvalue weighted by molar-refractivity contribution is -0.129. The maximum atomic E-state index is 12.2. The van der Waals surface area contributed by atoms with Gasteiger partial charge in [0.15, 0.2) is 5.78 Å². The molecule has 19 heavy (non-hydrogen) atoms. The topological polar surface area (TPSA) is 44.1 Å². The smallest absolute Gasteiger partial charge is 0.166 e. The van der Waals surface area contributed by atoms with Crippen LogP contribution >= 0.6 is 0 Å². The van der Waals surface area contributed by atoms with Gasteiger partial charge in [-0.15, -0.1) is 0 Å². The van der Waals surface area contributed by atoms with Crippen molar-refractivity contribution in [1.29, 1.82) is 0 Å². The standard InChI is InChI=1S/C15H18N2O2/c1-17-11-10-16-14(17)9-8-13(18)15(19-2)12-6-4-3-5-7-12/h3-7,10-11,15H,8-9H2,1-2H3. The van der Waals surface area contributed by atoms with Gasteiger partial charge in [-0.05, 0) is 5.56 Å². The van der Waals surface area contributed by atoms with Gasteiger partial charge in [-0.2, -0.15) is 0 Å². The molecule has 0 aliphatic rings. The Morgan fingerprint density at radius 3 is 2.68 bits per heavy atom. The van der Waals surface area contributed by atoms with Crippen molar-refractivity contribution in [1.82, 2.24) is 9.55 Å². The van der Waals surface area contributed by atoms with Gasteiger partial charge in [-0.1, -0.05) is 30.3 Å². The third kappa shape index (κ3) is 3.29. The number of aryl methyl sites for hydroxylation is 2. The third-order valence-electron chi connectivity index (χ3n) is 3.15. The minimum atomic E-state index is -0.485. The number of benzene rings is 1. The normalized spacial score (nSPS) is 12.3. The highest BCUT2D eigenvalue weighted by molar-refractivity contribution is 5.84. The van der Waals surface area contributed by atoms with Gasteiger partial charge in [0.1, 0.15) is 11.9 Å². The van der Waals surface area contributed by atoms with Crippen molar-refractivity contribution in [3.8, 4) is 0 Å². The van der Waals surface area contributed by atoms with Crippen LogP contribution < -0.4 is 0 Å². The quantitative estimate of drug-likeness (QED) is 0.798. The van der Waals surface area contributed by atoms with Crippen LogP contribution in [-0.4, -0.2) is 22.4 Å². The van der Waals surface area contributed by atoms with E-state index < -0.39 is 6.10 Å². The Labute approximate surface area is 113 Å². The molecular formula is C15H18N2O2. The van der Waals surface area contributed by atoms with Crippen molar-refractivity contribution in [3.05, 3.63) is 54.1 Å². The molecule has 0 aliphatic heterocycles. The van der Waals surface area contributed by atoms with Gasteiger partial charge >= 0.3 is 0 Å². The molecule has 1 atom stereocenters. The van der Waals surface area contributed by atoms with Crippen LogP contribution in [0.25, 0.3) is 0 Å². The van der Waals surface area contributed by atoms with Gasteiger partial charge in [-0.25, -0.2) is 4.98 Å². The minimum Gasteiger partial charge on any atom is -0.369 e. The van der Waals surface area contributed by atoms with Crippen molar-refractivity contribution < 1.29 is 9.53 Å². The largest absolute Gasteiger partial charge is 0.369 e. The van der Waals surface area contributed by atoms with Crippen LogP contribution in [0.2, 0.25) is 0 Å². The molecule has 0 spiro atoms. The number of ether oxygens (including phenoxy) is 1. The summed E-state index contributed by atoms with van der Waals surface area (Å²) in [4.78, 5) is 16.4. The number of carbonyl (C=O) groups excluding carboxylic acids is 1. The summed E-state index contributed by atoms with van der Waals surface area (Å²) in [5.41, 5.74) is 0.898. The lowest BCUT2D eigenvalue weighted by Gasteiger charge is -2.14. The summed E-state index contributed by atoms with van der Waals surface area (Å²) in [5.74, 6) is 0.993. The fraction of sp³-hybridized carbons (Fsp3) is 0.333. The first-order chi connectivity index (χ1) is 9.22. The molecule has 0 amide bonds. The van der Waals surface area contributed by atoms with Gasteiger partial charge in [0.25, 0.3) is 0 Å². The van der Waals surface area contributed by atoms with E-state index in [4.69, 9.17) is 4.74 Å². The van der Waals surface area contributed by atoms with Gasteiger partial charge in [-0.3, -0.25) is 4.79 Å². The molecule has 1 heterocycles. The van der Waals surface area contributed by atoms with Crippen molar-refractivity contribution in [2.75, 3.05) is 7.11 Å². The molecule has 1 aromatic carbocycles. The third-order valence-corrected chi connectivity index (χ3v) is 3.15. The van der Waals surface area contributed by atoms with E-state index in [1.165, 1.54) is 0 Å². The number of rotatable bonds is 6. The second-order valence-corrected chi connectivity index (χ2v) is 4.45. The van der Waals surface area contributed by atoms with E-state index in [0.717, 1.165) is 11.4 Å². The number of methoxy groups -OCH3 is 1. The molecule has 0 N–H and O–H groups in total. The molecule has 4 heteroatoms. The van der Waals surface area contributed by atoms with Crippen LogP contribution in [0, 0.1) is 0 Å². The lowest BCUT2D eigenvalue weighted by atomic mass is 10.0. The Kier molecular flexibility index (Phi) is 4.47. The van der Waals surface area contributed by atoms with Crippen LogP contribution in [0.1, 0.15) is 23.9 Å². The van der Waals surface area contributed by atoms with E-state index in [9.17, 15) is 4.79 Å². The zero-order valence-corrected chi connectivity index (χ0v) is 11.2. The number of ketones is 1. The van der Waals surface area contributed by atoms with E-state index in [-0.39, 0.29) is 5.78 Å². The average Bonchev–Trinajstić information content (AvgIpc) is 2.84.